The van der Waals surface area contributed by atoms with Crippen molar-refractivity contribution in [3.8, 4) is 0 Å². The molecule has 1 N–H and O–H groups in total. The van der Waals surface area contributed by atoms with Gasteiger partial charge in [0.1, 0.15) is 0 Å². The second kappa shape index (κ2) is 3.35. The number of hydrogen-bond acceptors (Lipinski definition) is 5. The first-order valence-corrected chi connectivity index (χ1v) is 6.32. The highest BCUT2D eigenvalue weighted by Crippen LogP contribution is 2.35. The molecule has 2 aromatic heterocycles. The third kappa shape index (κ3) is 1.16. The molecule has 0 aromatic carbocycles. The molecule has 0 spiro atoms. The highest BCUT2D eigenvalue weighted by Gasteiger charge is 2.32. The summed E-state index contributed by atoms with van der Waals surface area (Å²) in [5.41, 5.74) is 0.933. The van der Waals surface area contributed by atoms with Gasteiger partial charge in [0.15, 0.2) is 0 Å². The molecule has 0 atom stereocenters. The lowest BCUT2D eigenvalue weighted by molar-refractivity contribution is 0.0986. The van der Waals surface area contributed by atoms with Gasteiger partial charge in [-0.25, -0.2) is 0 Å². The minimum absolute atomic E-state index is 0.101. The van der Waals surface area contributed by atoms with Gasteiger partial charge in [-0.15, -0.1) is 22.7 Å². The Hall–Kier alpha value is -1.30. The maximum atomic E-state index is 12.0. The predicted octanol–water partition coefficient (Wildman–Crippen LogP) is 2.08. The zero-order valence-electron chi connectivity index (χ0n) is 8.02. The van der Waals surface area contributed by atoms with Crippen LogP contribution in [0.5, 0.6) is 0 Å². The van der Waals surface area contributed by atoms with Crippen molar-refractivity contribution in [2.75, 3.05) is 0 Å². The van der Waals surface area contributed by atoms with Crippen molar-refractivity contribution in [2.24, 2.45) is 0 Å². The molecule has 2 aromatic rings. The molecule has 3 nitrogen and oxygen atoms in total. The van der Waals surface area contributed by atoms with Crippen LogP contribution in [0.1, 0.15) is 35.3 Å². The maximum Gasteiger partial charge on any atom is 0.205 e. The first kappa shape index (κ1) is 9.89. The second-order valence-electron chi connectivity index (χ2n) is 3.44. The largest absolute Gasteiger partial charge is 0.391 e. The van der Waals surface area contributed by atoms with Gasteiger partial charge in [0.05, 0.1) is 16.4 Å². The van der Waals surface area contributed by atoms with Crippen molar-refractivity contribution < 1.29 is 14.7 Å². The van der Waals surface area contributed by atoms with E-state index < -0.39 is 0 Å². The molecule has 0 saturated heterocycles. The molecule has 1 aliphatic rings. The summed E-state index contributed by atoms with van der Waals surface area (Å²) in [6.07, 6.45) is 0. The van der Waals surface area contributed by atoms with Crippen LogP contribution in [0.4, 0.5) is 0 Å². The Bertz CT molecular complexity index is 559. The summed E-state index contributed by atoms with van der Waals surface area (Å²) >= 11 is 2.49. The molecule has 5 heteroatoms. The van der Waals surface area contributed by atoms with E-state index in [0.29, 0.717) is 25.8 Å². The zero-order valence-corrected chi connectivity index (χ0v) is 9.65. The van der Waals surface area contributed by atoms with E-state index in [4.69, 9.17) is 5.11 Å². The Morgan fingerprint density at radius 2 is 1.88 bits per heavy atom. The summed E-state index contributed by atoms with van der Waals surface area (Å²) in [4.78, 5) is 25.7. The van der Waals surface area contributed by atoms with E-state index in [9.17, 15) is 9.59 Å². The number of hydrogen-bond donors (Lipinski definition) is 1. The third-order valence-electron chi connectivity index (χ3n) is 2.51. The first-order chi connectivity index (χ1) is 7.72. The number of aliphatic hydroxyl groups excluding tert-OH is 1. The van der Waals surface area contributed by atoms with Crippen LogP contribution in [0.3, 0.4) is 0 Å². The molecule has 3 rings (SSSR count). The molecular formula is C11H6O3S2. The molecule has 0 saturated carbocycles. The first-order valence-electron chi connectivity index (χ1n) is 4.63. The molecule has 16 heavy (non-hydrogen) atoms. The SMILES string of the molecule is O=C1c2cc(CO)sc2C(=O)c2ccsc21. The van der Waals surface area contributed by atoms with Crippen LogP contribution in [0, 0.1) is 0 Å². The molecule has 0 radical (unpaired) electrons. The minimum Gasteiger partial charge on any atom is -0.391 e. The van der Waals surface area contributed by atoms with Crippen LogP contribution in [0.2, 0.25) is 0 Å². The smallest absolute Gasteiger partial charge is 0.205 e. The third-order valence-corrected chi connectivity index (χ3v) is 4.54. The summed E-state index contributed by atoms with van der Waals surface area (Å²) < 4.78 is 0. The van der Waals surface area contributed by atoms with E-state index >= 15 is 0 Å². The lowest BCUT2D eigenvalue weighted by Crippen LogP contribution is -2.15. The van der Waals surface area contributed by atoms with Gasteiger partial charge in [0, 0.05) is 16.0 Å². The number of rotatable bonds is 1. The Morgan fingerprint density at radius 1 is 1.12 bits per heavy atom. The van der Waals surface area contributed by atoms with Crippen LogP contribution in [0.15, 0.2) is 17.5 Å². The van der Waals surface area contributed by atoms with Crippen LogP contribution in [-0.2, 0) is 6.61 Å². The van der Waals surface area contributed by atoms with Crippen molar-refractivity contribution >= 4 is 34.2 Å². The monoisotopic (exact) mass is 250 g/mol. The number of fused-ring (bicyclic) bond motifs is 2. The molecule has 80 valence electrons. The van der Waals surface area contributed by atoms with E-state index in [-0.39, 0.29) is 18.2 Å². The van der Waals surface area contributed by atoms with Gasteiger partial charge < -0.3 is 5.11 Å². The van der Waals surface area contributed by atoms with Crippen LogP contribution in [-0.4, -0.2) is 16.7 Å². The van der Waals surface area contributed by atoms with E-state index in [1.54, 1.807) is 17.5 Å². The van der Waals surface area contributed by atoms with E-state index in [1.807, 2.05) is 0 Å². The molecule has 0 amide bonds. The van der Waals surface area contributed by atoms with Crippen LogP contribution in [0.25, 0.3) is 0 Å². The fourth-order valence-corrected chi connectivity index (χ4v) is 3.58. The summed E-state index contributed by atoms with van der Waals surface area (Å²) in [6, 6.07) is 3.30. The number of carbonyl (C=O) groups excluding carboxylic acids is 2. The molecule has 0 aliphatic heterocycles. The Morgan fingerprint density at radius 3 is 2.62 bits per heavy atom. The fraction of sp³-hybridized carbons (Fsp3) is 0.0909. The summed E-state index contributed by atoms with van der Waals surface area (Å²) in [7, 11) is 0. The highest BCUT2D eigenvalue weighted by atomic mass is 32.1. The van der Waals surface area contributed by atoms with Gasteiger partial charge in [0.25, 0.3) is 0 Å². The number of aliphatic hydroxyl groups is 1. The second-order valence-corrected chi connectivity index (χ2v) is 5.49. The topological polar surface area (TPSA) is 54.4 Å². The Balaban J connectivity index is 2.27. The van der Waals surface area contributed by atoms with Crippen molar-refractivity contribution in [1.29, 1.82) is 0 Å². The number of carbonyl (C=O) groups is 2. The molecule has 0 bridgehead atoms. The fourth-order valence-electron chi connectivity index (χ4n) is 1.77. The van der Waals surface area contributed by atoms with Crippen molar-refractivity contribution in [1.82, 2.24) is 0 Å². The molecule has 2 heterocycles. The Kier molecular flexibility index (Phi) is 2.07. The maximum absolute atomic E-state index is 12.0. The quantitative estimate of drug-likeness (QED) is 0.719. The van der Waals surface area contributed by atoms with Gasteiger partial charge in [0.2, 0.25) is 11.6 Å². The molecule has 0 unspecified atom stereocenters. The summed E-state index contributed by atoms with van der Waals surface area (Å²) in [5.74, 6) is -0.203. The van der Waals surface area contributed by atoms with Crippen LogP contribution >= 0.6 is 22.7 Å². The molecule has 1 aliphatic carbocycles. The lowest BCUT2D eigenvalue weighted by atomic mass is 9.96. The Labute approximate surface area is 99.0 Å². The summed E-state index contributed by atoms with van der Waals surface area (Å²) in [6.45, 7) is -0.133. The van der Waals surface area contributed by atoms with Gasteiger partial charge in [-0.3, -0.25) is 9.59 Å². The van der Waals surface area contributed by atoms with E-state index in [0.717, 1.165) is 0 Å². The van der Waals surface area contributed by atoms with Gasteiger partial charge in [-0.05, 0) is 17.5 Å². The molecule has 0 fully saturated rings. The summed E-state index contributed by atoms with van der Waals surface area (Å²) in [5, 5.41) is 10.8. The van der Waals surface area contributed by atoms with E-state index in [2.05, 4.69) is 0 Å². The van der Waals surface area contributed by atoms with Gasteiger partial charge in [-0.2, -0.15) is 0 Å². The predicted molar refractivity (Wildman–Crippen MR) is 61.4 cm³/mol. The van der Waals surface area contributed by atoms with Crippen molar-refractivity contribution in [3.63, 3.8) is 0 Å². The van der Waals surface area contributed by atoms with Crippen molar-refractivity contribution in [2.45, 2.75) is 6.61 Å². The highest BCUT2D eigenvalue weighted by molar-refractivity contribution is 7.16. The van der Waals surface area contributed by atoms with Gasteiger partial charge in [-0.1, -0.05) is 0 Å². The number of ketones is 2. The molecular weight excluding hydrogens is 244 g/mol. The zero-order chi connectivity index (χ0) is 11.3. The number of thiophene rings is 2. The van der Waals surface area contributed by atoms with Gasteiger partial charge >= 0.3 is 0 Å². The average Bonchev–Trinajstić information content (AvgIpc) is 2.92. The minimum atomic E-state index is -0.133. The average molecular weight is 250 g/mol. The standard InChI is InChI=1S/C11H6O3S2/c12-4-5-3-7-9(14)10-6(1-2-15-10)8(13)11(7)16-5/h1-3,12H,4H2. The van der Waals surface area contributed by atoms with Crippen molar-refractivity contribution in [3.05, 3.63) is 43.3 Å². The lowest BCUT2D eigenvalue weighted by Gasteiger charge is -2.08. The van der Waals surface area contributed by atoms with Crippen LogP contribution < -0.4 is 0 Å². The normalized spacial score (nSPS) is 13.8. The van der Waals surface area contributed by atoms with E-state index in [1.165, 1.54) is 22.7 Å².